The summed E-state index contributed by atoms with van der Waals surface area (Å²) in [7, 11) is 1.57. The van der Waals surface area contributed by atoms with E-state index in [-0.39, 0.29) is 5.56 Å². The number of nitrogens with zero attached hydrogens (tertiary/aromatic N) is 1. The molecule has 0 saturated carbocycles. The molecule has 0 amide bonds. The molecule has 21 heavy (non-hydrogen) atoms. The van der Waals surface area contributed by atoms with Gasteiger partial charge in [-0.15, -0.1) is 0 Å². The maximum absolute atomic E-state index is 12.9. The number of hydrogen-bond donors (Lipinski definition) is 1. The smallest absolute Gasteiger partial charge is 0.267 e. The first kappa shape index (κ1) is 13.6. The number of H-pyrrole nitrogens is 1. The number of rotatable bonds is 2. The Balaban J connectivity index is 2.47. The lowest BCUT2D eigenvalue weighted by atomic mass is 10.1. The summed E-state index contributed by atoms with van der Waals surface area (Å²) in [6, 6.07) is 13.0. The molecule has 0 aliphatic carbocycles. The van der Waals surface area contributed by atoms with Crippen LogP contribution in [0, 0.1) is 11.7 Å². The maximum atomic E-state index is 12.9. The predicted octanol–water partition coefficient (Wildman–Crippen LogP) is 3.37. The van der Waals surface area contributed by atoms with Crippen LogP contribution in [-0.4, -0.2) is 16.7 Å². The molecule has 2 aromatic carbocycles. The molecule has 0 saturated heterocycles. The van der Waals surface area contributed by atoms with Crippen LogP contribution in [0.1, 0.15) is 5.56 Å². The van der Waals surface area contributed by atoms with Gasteiger partial charge in [-0.3, -0.25) is 4.79 Å². The fraction of sp³-hybridized carbons (Fsp3) is 0.125. The van der Waals surface area contributed by atoms with Crippen molar-refractivity contribution in [1.29, 1.82) is 0 Å². The van der Waals surface area contributed by atoms with Crippen LogP contribution in [0.4, 0.5) is 0 Å². The summed E-state index contributed by atoms with van der Waals surface area (Å²) in [5.74, 6) is 0.604. The highest BCUT2D eigenvalue weighted by Gasteiger charge is 2.12. The fourth-order valence-corrected chi connectivity index (χ4v) is 2.76. The summed E-state index contributed by atoms with van der Waals surface area (Å²) < 4.78 is 7.16. The van der Waals surface area contributed by atoms with Crippen molar-refractivity contribution in [2.75, 3.05) is 7.11 Å². The zero-order valence-electron chi connectivity index (χ0n) is 11.7. The van der Waals surface area contributed by atoms with Crippen LogP contribution in [0.2, 0.25) is 0 Å². The molecule has 1 aromatic heterocycles. The van der Waals surface area contributed by atoms with Gasteiger partial charge in [0, 0.05) is 0 Å². The molecule has 106 valence electrons. The molecule has 0 unspecified atom stereocenters. The summed E-state index contributed by atoms with van der Waals surface area (Å²) in [6.45, 7) is 1.91. The van der Waals surface area contributed by atoms with Crippen LogP contribution in [0.5, 0.6) is 5.75 Å². The van der Waals surface area contributed by atoms with Crippen molar-refractivity contribution in [3.8, 4) is 11.4 Å². The Morgan fingerprint density at radius 1 is 1.14 bits per heavy atom. The van der Waals surface area contributed by atoms with Crippen molar-refractivity contribution in [1.82, 2.24) is 9.55 Å². The first-order chi connectivity index (χ1) is 10.1. The highest BCUT2D eigenvalue weighted by Crippen LogP contribution is 2.22. The van der Waals surface area contributed by atoms with Crippen molar-refractivity contribution in [3.05, 3.63) is 63.2 Å². The Bertz CT molecular complexity index is 941. The third-order valence-corrected chi connectivity index (χ3v) is 3.75. The Morgan fingerprint density at radius 3 is 2.67 bits per heavy atom. The second-order valence-electron chi connectivity index (χ2n) is 4.74. The van der Waals surface area contributed by atoms with Gasteiger partial charge >= 0.3 is 0 Å². The minimum absolute atomic E-state index is 0.142. The topological polar surface area (TPSA) is 47.0 Å². The number of methoxy groups -OCH3 is 1. The molecule has 0 spiro atoms. The Hall–Kier alpha value is -2.40. The zero-order valence-corrected chi connectivity index (χ0v) is 12.5. The molecular formula is C16H14N2O2S. The fourth-order valence-electron chi connectivity index (χ4n) is 2.46. The van der Waals surface area contributed by atoms with Crippen LogP contribution in [-0.2, 0) is 0 Å². The monoisotopic (exact) mass is 298 g/mol. The lowest BCUT2D eigenvalue weighted by Gasteiger charge is -2.12. The molecule has 3 aromatic rings. The van der Waals surface area contributed by atoms with Gasteiger partial charge in [0.05, 0.1) is 23.7 Å². The van der Waals surface area contributed by atoms with Crippen LogP contribution < -0.4 is 10.3 Å². The molecule has 0 atom stereocenters. The second-order valence-corrected chi connectivity index (χ2v) is 5.13. The summed E-state index contributed by atoms with van der Waals surface area (Å²) in [4.78, 5) is 16.0. The van der Waals surface area contributed by atoms with Gasteiger partial charge in [-0.1, -0.05) is 24.3 Å². The number of hydrogen-bond acceptors (Lipinski definition) is 3. The molecule has 5 heteroatoms. The van der Waals surface area contributed by atoms with Gasteiger partial charge in [0.2, 0.25) is 0 Å². The molecule has 4 nitrogen and oxygen atoms in total. The molecular weight excluding hydrogens is 284 g/mol. The van der Waals surface area contributed by atoms with E-state index in [1.165, 1.54) is 4.57 Å². The molecule has 3 rings (SSSR count). The van der Waals surface area contributed by atoms with E-state index in [9.17, 15) is 4.79 Å². The Morgan fingerprint density at radius 2 is 1.90 bits per heavy atom. The zero-order chi connectivity index (χ0) is 15.0. The number of fused-ring (bicyclic) bond motifs is 1. The summed E-state index contributed by atoms with van der Waals surface area (Å²) in [5.41, 5.74) is 2.15. The van der Waals surface area contributed by atoms with Crippen LogP contribution in [0.15, 0.2) is 47.3 Å². The molecule has 0 fully saturated rings. The van der Waals surface area contributed by atoms with Crippen molar-refractivity contribution >= 4 is 23.1 Å². The summed E-state index contributed by atoms with van der Waals surface area (Å²) in [6.07, 6.45) is 0. The van der Waals surface area contributed by atoms with Gasteiger partial charge in [0.1, 0.15) is 5.75 Å². The standard InChI is InChI=1S/C16H14N2O2S/c1-10-6-5-7-11-14(10)15(19)18(16(21)17-11)12-8-3-4-9-13(12)20-2/h3-9H,1-2H3,(H,17,21). The van der Waals surface area contributed by atoms with Crippen LogP contribution in [0.25, 0.3) is 16.6 Å². The first-order valence-electron chi connectivity index (χ1n) is 6.51. The van der Waals surface area contributed by atoms with Gasteiger partial charge < -0.3 is 9.72 Å². The van der Waals surface area contributed by atoms with Crippen molar-refractivity contribution in [2.45, 2.75) is 6.92 Å². The normalized spacial score (nSPS) is 10.8. The molecule has 1 N–H and O–H groups in total. The number of ether oxygens (including phenoxy) is 1. The van der Waals surface area contributed by atoms with Crippen molar-refractivity contribution in [2.24, 2.45) is 0 Å². The van der Waals surface area contributed by atoms with Crippen LogP contribution in [0.3, 0.4) is 0 Å². The lowest BCUT2D eigenvalue weighted by molar-refractivity contribution is 0.412. The van der Waals surface area contributed by atoms with E-state index in [2.05, 4.69) is 4.98 Å². The average molecular weight is 298 g/mol. The van der Waals surface area contributed by atoms with E-state index in [1.807, 2.05) is 43.3 Å². The largest absolute Gasteiger partial charge is 0.495 e. The number of para-hydroxylation sites is 2. The van der Waals surface area contributed by atoms with E-state index in [0.29, 0.717) is 21.6 Å². The summed E-state index contributed by atoms with van der Waals surface area (Å²) >= 11 is 5.35. The highest BCUT2D eigenvalue weighted by molar-refractivity contribution is 7.71. The van der Waals surface area contributed by atoms with E-state index in [0.717, 1.165) is 11.1 Å². The number of aryl methyl sites for hydroxylation is 1. The molecule has 0 aliphatic heterocycles. The highest BCUT2D eigenvalue weighted by atomic mass is 32.1. The second kappa shape index (κ2) is 5.18. The lowest BCUT2D eigenvalue weighted by Crippen LogP contribution is -2.21. The van der Waals surface area contributed by atoms with Gasteiger partial charge in [-0.25, -0.2) is 4.57 Å². The Kier molecular flexibility index (Phi) is 3.35. The van der Waals surface area contributed by atoms with Gasteiger partial charge in [-0.05, 0) is 42.9 Å². The number of aromatic amines is 1. The predicted molar refractivity (Wildman–Crippen MR) is 86.0 cm³/mol. The van der Waals surface area contributed by atoms with E-state index in [1.54, 1.807) is 13.2 Å². The van der Waals surface area contributed by atoms with Crippen LogP contribution >= 0.6 is 12.2 Å². The third-order valence-electron chi connectivity index (χ3n) is 3.46. The van der Waals surface area contributed by atoms with E-state index >= 15 is 0 Å². The average Bonchev–Trinajstić information content (AvgIpc) is 2.47. The van der Waals surface area contributed by atoms with Crippen molar-refractivity contribution < 1.29 is 4.74 Å². The van der Waals surface area contributed by atoms with Crippen molar-refractivity contribution in [3.63, 3.8) is 0 Å². The minimum atomic E-state index is -0.142. The minimum Gasteiger partial charge on any atom is -0.495 e. The molecule has 0 radical (unpaired) electrons. The number of nitrogens with one attached hydrogen (secondary N) is 1. The number of aromatic nitrogens is 2. The molecule has 0 aliphatic rings. The quantitative estimate of drug-likeness (QED) is 0.738. The molecule has 1 heterocycles. The van der Waals surface area contributed by atoms with E-state index < -0.39 is 0 Å². The van der Waals surface area contributed by atoms with Gasteiger partial charge in [0.25, 0.3) is 5.56 Å². The Labute approximate surface area is 126 Å². The van der Waals surface area contributed by atoms with Gasteiger partial charge in [0.15, 0.2) is 4.77 Å². The third kappa shape index (κ3) is 2.15. The summed E-state index contributed by atoms with van der Waals surface area (Å²) in [5, 5.41) is 0.636. The molecule has 0 bridgehead atoms. The first-order valence-corrected chi connectivity index (χ1v) is 6.92. The van der Waals surface area contributed by atoms with E-state index in [4.69, 9.17) is 17.0 Å². The maximum Gasteiger partial charge on any atom is 0.267 e. The van der Waals surface area contributed by atoms with Gasteiger partial charge in [-0.2, -0.15) is 0 Å². The number of benzene rings is 2. The SMILES string of the molecule is COc1ccccc1-n1c(=S)[nH]c2cccc(C)c2c1=O.